The predicted octanol–water partition coefficient (Wildman–Crippen LogP) is 4.72. The van der Waals surface area contributed by atoms with E-state index in [1.807, 2.05) is 36.4 Å². The average Bonchev–Trinajstić information content (AvgIpc) is 2.78. The Bertz CT molecular complexity index is 987. The molecule has 0 heterocycles. The average molecular weight is 388 g/mol. The lowest BCUT2D eigenvalue weighted by atomic mass is 10.1. The van der Waals surface area contributed by atoms with E-state index in [2.05, 4.69) is 6.58 Å². The molecule has 0 atom stereocenters. The van der Waals surface area contributed by atoms with E-state index in [-0.39, 0.29) is 12.4 Å². The Labute approximate surface area is 169 Å². The van der Waals surface area contributed by atoms with Crippen molar-refractivity contribution in [3.05, 3.63) is 91.0 Å². The number of hydrogen-bond acceptors (Lipinski definition) is 5. The number of hydrogen-bond donors (Lipinski definition) is 0. The molecule has 0 bridgehead atoms. The fourth-order valence-corrected chi connectivity index (χ4v) is 2.57. The quantitative estimate of drug-likeness (QED) is 0.318. The highest BCUT2D eigenvalue weighted by Gasteiger charge is 2.09. The van der Waals surface area contributed by atoms with Crippen LogP contribution in [0.15, 0.2) is 85.5 Å². The van der Waals surface area contributed by atoms with Crippen molar-refractivity contribution in [2.24, 2.45) is 0 Å². The standard InChI is InChI=1S/C24H20O5/c1-3-20(25)16-28-22-12-8-19(9-13-22)24(26)29-23-14-6-18(7-15-23)17-4-10-21(27-2)11-5-17/h3-15H,1,16H2,2H3. The first kappa shape index (κ1) is 19.9. The van der Waals surface area contributed by atoms with Gasteiger partial charge in [-0.25, -0.2) is 4.79 Å². The predicted molar refractivity (Wildman–Crippen MR) is 111 cm³/mol. The Morgan fingerprint density at radius 1 is 0.793 bits per heavy atom. The second-order valence-corrected chi connectivity index (χ2v) is 6.13. The van der Waals surface area contributed by atoms with Crippen LogP contribution in [0.3, 0.4) is 0 Å². The molecule has 3 aromatic carbocycles. The molecule has 0 unspecified atom stereocenters. The summed E-state index contributed by atoms with van der Waals surface area (Å²) in [4.78, 5) is 23.5. The number of ketones is 1. The smallest absolute Gasteiger partial charge is 0.343 e. The van der Waals surface area contributed by atoms with Gasteiger partial charge in [-0.05, 0) is 65.7 Å². The minimum Gasteiger partial charge on any atom is -0.497 e. The number of esters is 1. The van der Waals surface area contributed by atoms with Gasteiger partial charge in [-0.2, -0.15) is 0 Å². The molecule has 0 spiro atoms. The summed E-state index contributed by atoms with van der Waals surface area (Å²) in [6.45, 7) is 3.29. The van der Waals surface area contributed by atoms with Crippen molar-refractivity contribution in [1.82, 2.24) is 0 Å². The molecule has 3 aromatic rings. The van der Waals surface area contributed by atoms with Crippen LogP contribution in [-0.4, -0.2) is 25.5 Å². The summed E-state index contributed by atoms with van der Waals surface area (Å²) in [5.41, 5.74) is 2.42. The maximum absolute atomic E-state index is 12.3. The molecule has 0 saturated carbocycles. The summed E-state index contributed by atoms with van der Waals surface area (Å²) in [5, 5.41) is 0. The van der Waals surface area contributed by atoms with E-state index in [9.17, 15) is 9.59 Å². The first-order valence-corrected chi connectivity index (χ1v) is 8.94. The van der Waals surface area contributed by atoms with Crippen LogP contribution in [0.5, 0.6) is 17.2 Å². The minimum atomic E-state index is -0.476. The molecule has 0 N–H and O–H groups in total. The summed E-state index contributed by atoms with van der Waals surface area (Å²) in [5.74, 6) is 1.04. The minimum absolute atomic E-state index is 0.0894. The van der Waals surface area contributed by atoms with Crippen LogP contribution in [0.1, 0.15) is 10.4 Å². The van der Waals surface area contributed by atoms with E-state index >= 15 is 0 Å². The normalized spacial score (nSPS) is 10.1. The van der Waals surface area contributed by atoms with Crippen molar-refractivity contribution in [1.29, 1.82) is 0 Å². The molecule has 0 aliphatic carbocycles. The molecule has 0 aliphatic heterocycles. The molecule has 5 nitrogen and oxygen atoms in total. The Hall–Kier alpha value is -3.86. The van der Waals surface area contributed by atoms with Crippen LogP contribution in [0.25, 0.3) is 11.1 Å². The molecule has 146 valence electrons. The lowest BCUT2D eigenvalue weighted by Crippen LogP contribution is -2.09. The Morgan fingerprint density at radius 2 is 1.31 bits per heavy atom. The molecule has 0 saturated heterocycles. The molecule has 5 heteroatoms. The van der Waals surface area contributed by atoms with E-state index in [0.29, 0.717) is 17.1 Å². The number of ether oxygens (including phenoxy) is 3. The lowest BCUT2D eigenvalue weighted by Gasteiger charge is -2.08. The van der Waals surface area contributed by atoms with E-state index in [1.54, 1.807) is 43.5 Å². The fourth-order valence-electron chi connectivity index (χ4n) is 2.57. The summed E-state index contributed by atoms with van der Waals surface area (Å²) in [6.07, 6.45) is 1.20. The van der Waals surface area contributed by atoms with Gasteiger partial charge in [-0.3, -0.25) is 4.79 Å². The van der Waals surface area contributed by atoms with Gasteiger partial charge in [0.15, 0.2) is 12.4 Å². The summed E-state index contributed by atoms with van der Waals surface area (Å²) >= 11 is 0. The third-order valence-corrected chi connectivity index (χ3v) is 4.19. The molecule has 0 aromatic heterocycles. The summed E-state index contributed by atoms with van der Waals surface area (Å²) in [6, 6.07) is 21.4. The largest absolute Gasteiger partial charge is 0.497 e. The Kier molecular flexibility index (Phi) is 6.43. The zero-order valence-corrected chi connectivity index (χ0v) is 16.0. The van der Waals surface area contributed by atoms with Crippen molar-refractivity contribution in [3.63, 3.8) is 0 Å². The number of rotatable bonds is 8. The van der Waals surface area contributed by atoms with Gasteiger partial charge in [-0.1, -0.05) is 30.8 Å². The molecular formula is C24H20O5. The van der Waals surface area contributed by atoms with Gasteiger partial charge in [0.25, 0.3) is 0 Å². The SMILES string of the molecule is C=CC(=O)COc1ccc(C(=O)Oc2ccc(-c3ccc(OC)cc3)cc2)cc1. The van der Waals surface area contributed by atoms with Crippen LogP contribution >= 0.6 is 0 Å². The van der Waals surface area contributed by atoms with Crippen molar-refractivity contribution in [2.45, 2.75) is 0 Å². The zero-order valence-electron chi connectivity index (χ0n) is 16.0. The van der Waals surface area contributed by atoms with Gasteiger partial charge < -0.3 is 14.2 Å². The van der Waals surface area contributed by atoms with Gasteiger partial charge >= 0.3 is 5.97 Å². The Balaban J connectivity index is 1.61. The molecule has 0 fully saturated rings. The van der Waals surface area contributed by atoms with Crippen molar-refractivity contribution in [2.75, 3.05) is 13.7 Å². The maximum atomic E-state index is 12.3. The van der Waals surface area contributed by atoms with Crippen molar-refractivity contribution < 1.29 is 23.8 Å². The highest BCUT2D eigenvalue weighted by Crippen LogP contribution is 2.25. The van der Waals surface area contributed by atoms with Crippen LogP contribution in [0, 0.1) is 0 Å². The lowest BCUT2D eigenvalue weighted by molar-refractivity contribution is -0.116. The highest BCUT2D eigenvalue weighted by molar-refractivity contribution is 5.91. The highest BCUT2D eigenvalue weighted by atomic mass is 16.5. The molecule has 0 radical (unpaired) electrons. The van der Waals surface area contributed by atoms with Gasteiger partial charge in [-0.15, -0.1) is 0 Å². The number of carbonyl (C=O) groups is 2. The number of carbonyl (C=O) groups excluding carboxylic acids is 2. The van der Waals surface area contributed by atoms with Gasteiger partial charge in [0, 0.05) is 0 Å². The van der Waals surface area contributed by atoms with Crippen molar-refractivity contribution in [3.8, 4) is 28.4 Å². The Morgan fingerprint density at radius 3 is 1.83 bits per heavy atom. The molecule has 0 aliphatic rings. The number of benzene rings is 3. The van der Waals surface area contributed by atoms with Crippen LogP contribution in [0.4, 0.5) is 0 Å². The second kappa shape index (κ2) is 9.37. The van der Waals surface area contributed by atoms with Gasteiger partial charge in [0.1, 0.15) is 17.2 Å². The van der Waals surface area contributed by atoms with Crippen LogP contribution < -0.4 is 14.2 Å². The summed E-state index contributed by atoms with van der Waals surface area (Å²) < 4.78 is 15.9. The molecular weight excluding hydrogens is 368 g/mol. The van der Waals surface area contributed by atoms with Crippen molar-refractivity contribution >= 4 is 11.8 Å². The third kappa shape index (κ3) is 5.32. The zero-order chi connectivity index (χ0) is 20.6. The van der Waals surface area contributed by atoms with Gasteiger partial charge in [0.2, 0.25) is 0 Å². The summed E-state index contributed by atoms with van der Waals surface area (Å²) in [7, 11) is 1.63. The van der Waals surface area contributed by atoms with E-state index < -0.39 is 5.97 Å². The number of methoxy groups -OCH3 is 1. The van der Waals surface area contributed by atoms with Crippen LogP contribution in [-0.2, 0) is 4.79 Å². The van der Waals surface area contributed by atoms with E-state index in [0.717, 1.165) is 16.9 Å². The molecule has 3 rings (SSSR count). The molecule has 0 amide bonds. The third-order valence-electron chi connectivity index (χ3n) is 4.19. The van der Waals surface area contributed by atoms with Crippen LogP contribution in [0.2, 0.25) is 0 Å². The fraction of sp³-hybridized carbons (Fsp3) is 0.0833. The first-order valence-electron chi connectivity index (χ1n) is 8.94. The maximum Gasteiger partial charge on any atom is 0.343 e. The monoisotopic (exact) mass is 388 g/mol. The van der Waals surface area contributed by atoms with Gasteiger partial charge in [0.05, 0.1) is 12.7 Å². The van der Waals surface area contributed by atoms with E-state index in [4.69, 9.17) is 14.2 Å². The topological polar surface area (TPSA) is 61.8 Å². The van der Waals surface area contributed by atoms with E-state index in [1.165, 1.54) is 6.08 Å². The molecule has 29 heavy (non-hydrogen) atoms. The second-order valence-electron chi connectivity index (χ2n) is 6.13. The first-order chi connectivity index (χ1) is 14.1.